The Kier molecular flexibility index (Phi) is 4.96. The molecule has 17 heavy (non-hydrogen) atoms. The summed E-state index contributed by atoms with van der Waals surface area (Å²) in [5.74, 6) is 3.13. The third-order valence-electron chi connectivity index (χ3n) is 4.96. The van der Waals surface area contributed by atoms with Gasteiger partial charge in [-0.15, -0.1) is 12.4 Å². The normalized spacial score (nSPS) is 46.6. The second kappa shape index (κ2) is 5.36. The zero-order chi connectivity index (χ0) is 10.6. The summed E-state index contributed by atoms with van der Waals surface area (Å²) >= 11 is 4.04. The summed E-state index contributed by atoms with van der Waals surface area (Å²) in [5.41, 5.74) is 0.623. The second-order valence-electron chi connectivity index (χ2n) is 6.61. The molecule has 0 aromatic carbocycles. The fraction of sp³-hybridized carbons (Fsp3) is 1.00. The molecule has 4 bridgehead atoms. The predicted molar refractivity (Wildman–Crippen MR) is 78.1 cm³/mol. The van der Waals surface area contributed by atoms with Gasteiger partial charge in [0.2, 0.25) is 0 Å². The Morgan fingerprint density at radius 2 is 1.65 bits per heavy atom. The number of alkyl halides is 1. The number of nitrogens with zero attached hydrogens (tertiary/aromatic N) is 1. The van der Waals surface area contributed by atoms with Crippen LogP contribution in [0.15, 0.2) is 0 Å². The van der Waals surface area contributed by atoms with E-state index in [4.69, 9.17) is 0 Å². The van der Waals surface area contributed by atoms with E-state index in [0.29, 0.717) is 5.41 Å². The molecule has 0 spiro atoms. The van der Waals surface area contributed by atoms with Gasteiger partial charge in [0.05, 0.1) is 0 Å². The van der Waals surface area contributed by atoms with Crippen molar-refractivity contribution in [2.45, 2.75) is 36.9 Å². The summed E-state index contributed by atoms with van der Waals surface area (Å²) in [6.45, 7) is 1.30. The molecule has 4 rings (SSSR count). The van der Waals surface area contributed by atoms with E-state index < -0.39 is 0 Å². The number of hydrogen-bond donors (Lipinski definition) is 0. The van der Waals surface area contributed by atoms with Crippen LogP contribution in [0.4, 0.5) is 0 Å². The summed E-state index contributed by atoms with van der Waals surface area (Å²) in [6.07, 6.45) is 7.57. The SMILES string of the molecule is CN(C)CC12CC3CC(CC(C3)C1Br)C2.Cl.O. The van der Waals surface area contributed by atoms with Gasteiger partial charge in [-0.3, -0.25) is 0 Å². The average Bonchev–Trinajstić information content (AvgIpc) is 2.11. The quantitative estimate of drug-likeness (QED) is 0.719. The molecule has 0 heterocycles. The highest BCUT2D eigenvalue weighted by molar-refractivity contribution is 9.09. The number of halogens is 2. The number of hydrogen-bond acceptors (Lipinski definition) is 1. The zero-order valence-corrected chi connectivity index (χ0v) is 13.2. The lowest BCUT2D eigenvalue weighted by molar-refractivity contribution is -0.0541. The number of rotatable bonds is 2. The van der Waals surface area contributed by atoms with Crippen molar-refractivity contribution in [1.29, 1.82) is 0 Å². The van der Waals surface area contributed by atoms with Crippen LogP contribution in [0.5, 0.6) is 0 Å². The molecule has 0 saturated heterocycles. The third-order valence-corrected chi connectivity index (χ3v) is 6.68. The molecule has 3 unspecified atom stereocenters. The molecule has 4 aliphatic carbocycles. The van der Waals surface area contributed by atoms with Crippen molar-refractivity contribution in [2.75, 3.05) is 20.6 Å². The largest absolute Gasteiger partial charge is 0.412 e. The van der Waals surface area contributed by atoms with Gasteiger partial charge in [0.25, 0.3) is 0 Å². The van der Waals surface area contributed by atoms with Gasteiger partial charge < -0.3 is 10.4 Å². The highest BCUT2D eigenvalue weighted by atomic mass is 79.9. The van der Waals surface area contributed by atoms with Gasteiger partial charge in [-0.1, -0.05) is 15.9 Å². The highest BCUT2D eigenvalue weighted by Crippen LogP contribution is 2.62. The van der Waals surface area contributed by atoms with E-state index in [1.54, 1.807) is 6.42 Å². The summed E-state index contributed by atoms with van der Waals surface area (Å²) < 4.78 is 0. The Balaban J connectivity index is 0.000000722. The van der Waals surface area contributed by atoms with Crippen LogP contribution in [-0.2, 0) is 0 Å². The molecule has 0 aromatic rings. The first-order chi connectivity index (χ1) is 7.09. The van der Waals surface area contributed by atoms with Gasteiger partial charge >= 0.3 is 0 Å². The molecule has 0 aliphatic heterocycles. The third kappa shape index (κ3) is 2.54. The van der Waals surface area contributed by atoms with Gasteiger partial charge in [0.1, 0.15) is 0 Å². The van der Waals surface area contributed by atoms with Crippen LogP contribution in [0.2, 0.25) is 0 Å². The molecule has 4 heteroatoms. The molecule has 2 nitrogen and oxygen atoms in total. The van der Waals surface area contributed by atoms with Crippen molar-refractivity contribution in [3.63, 3.8) is 0 Å². The van der Waals surface area contributed by atoms with E-state index in [0.717, 1.165) is 22.6 Å². The van der Waals surface area contributed by atoms with Crippen molar-refractivity contribution < 1.29 is 5.48 Å². The Labute approximate surface area is 119 Å². The first kappa shape index (κ1) is 15.7. The summed E-state index contributed by atoms with van der Waals surface area (Å²) in [6, 6.07) is 0. The minimum Gasteiger partial charge on any atom is -0.412 e. The van der Waals surface area contributed by atoms with Crippen LogP contribution >= 0.6 is 28.3 Å². The molecule has 0 radical (unpaired) electrons. The van der Waals surface area contributed by atoms with Gasteiger partial charge in [0, 0.05) is 11.4 Å². The minimum absolute atomic E-state index is 0. The smallest absolute Gasteiger partial charge is 0.0243 e. The molecule has 102 valence electrons. The van der Waals surface area contributed by atoms with Crippen molar-refractivity contribution in [2.24, 2.45) is 23.2 Å². The van der Waals surface area contributed by atoms with Crippen LogP contribution < -0.4 is 0 Å². The predicted octanol–water partition coefficient (Wildman–Crippen LogP) is 2.73. The van der Waals surface area contributed by atoms with Crippen LogP contribution in [0.3, 0.4) is 0 Å². The first-order valence-corrected chi connectivity index (χ1v) is 7.29. The molecule has 4 aliphatic rings. The zero-order valence-electron chi connectivity index (χ0n) is 10.8. The lowest BCUT2D eigenvalue weighted by atomic mass is 9.49. The van der Waals surface area contributed by atoms with Crippen molar-refractivity contribution in [1.82, 2.24) is 4.90 Å². The van der Waals surface area contributed by atoms with Crippen molar-refractivity contribution in [3.05, 3.63) is 0 Å². The van der Waals surface area contributed by atoms with E-state index >= 15 is 0 Å². The molecular formula is C13H25BrClNO. The maximum atomic E-state index is 4.04. The van der Waals surface area contributed by atoms with Crippen LogP contribution in [0.25, 0.3) is 0 Å². The van der Waals surface area contributed by atoms with Gasteiger partial charge in [-0.05, 0) is 69.4 Å². The molecule has 0 amide bonds. The Hall–Kier alpha value is 0.690. The monoisotopic (exact) mass is 325 g/mol. The first-order valence-electron chi connectivity index (χ1n) is 6.38. The van der Waals surface area contributed by atoms with Crippen LogP contribution in [0.1, 0.15) is 32.1 Å². The van der Waals surface area contributed by atoms with E-state index in [1.165, 1.54) is 32.2 Å². The van der Waals surface area contributed by atoms with Crippen molar-refractivity contribution in [3.8, 4) is 0 Å². The Morgan fingerprint density at radius 1 is 1.12 bits per heavy atom. The van der Waals surface area contributed by atoms with E-state index in [1.807, 2.05) is 0 Å². The van der Waals surface area contributed by atoms with Gasteiger partial charge in [-0.25, -0.2) is 0 Å². The van der Waals surface area contributed by atoms with E-state index in [-0.39, 0.29) is 17.9 Å². The standard InChI is InChI=1S/C13H22BrN.ClH.H2O/c1-15(2)8-13-6-9-3-10(7-13)5-11(4-9)12(13)14;;/h9-12H,3-8H2,1-2H3;1H;1H2. The molecule has 4 saturated carbocycles. The maximum absolute atomic E-state index is 4.04. The molecule has 4 fully saturated rings. The fourth-order valence-corrected chi connectivity index (χ4v) is 5.94. The van der Waals surface area contributed by atoms with Gasteiger partial charge in [-0.2, -0.15) is 0 Å². The highest BCUT2D eigenvalue weighted by Gasteiger charge is 2.55. The maximum Gasteiger partial charge on any atom is 0.0243 e. The van der Waals surface area contributed by atoms with Crippen LogP contribution in [-0.4, -0.2) is 35.8 Å². The second-order valence-corrected chi connectivity index (χ2v) is 7.60. The fourth-order valence-electron chi connectivity index (χ4n) is 4.99. The lowest BCUT2D eigenvalue weighted by Gasteiger charge is -2.60. The molecular weight excluding hydrogens is 302 g/mol. The summed E-state index contributed by atoms with van der Waals surface area (Å²) in [5, 5.41) is 0. The topological polar surface area (TPSA) is 34.7 Å². The van der Waals surface area contributed by atoms with E-state index in [2.05, 4.69) is 34.9 Å². The summed E-state index contributed by atoms with van der Waals surface area (Å²) in [7, 11) is 4.47. The minimum atomic E-state index is 0. The van der Waals surface area contributed by atoms with Gasteiger partial charge in [0.15, 0.2) is 0 Å². The molecule has 0 aromatic heterocycles. The average molecular weight is 327 g/mol. The summed E-state index contributed by atoms with van der Waals surface area (Å²) in [4.78, 5) is 3.21. The Bertz CT molecular complexity index is 255. The van der Waals surface area contributed by atoms with Crippen molar-refractivity contribution >= 4 is 28.3 Å². The molecule has 3 atom stereocenters. The lowest BCUT2D eigenvalue weighted by Crippen LogP contribution is -2.57. The Morgan fingerprint density at radius 3 is 2.12 bits per heavy atom. The van der Waals surface area contributed by atoms with Crippen LogP contribution in [0, 0.1) is 23.2 Å². The molecule has 2 N–H and O–H groups in total. The van der Waals surface area contributed by atoms with E-state index in [9.17, 15) is 0 Å².